The highest BCUT2D eigenvalue weighted by Crippen LogP contribution is 2.17. The maximum atomic E-state index is 12.0. The number of phenols is 1. The van der Waals surface area contributed by atoms with Gasteiger partial charge >= 0.3 is 0 Å². The van der Waals surface area contributed by atoms with Crippen LogP contribution in [0.3, 0.4) is 0 Å². The zero-order valence-corrected chi connectivity index (χ0v) is 11.4. The zero-order chi connectivity index (χ0) is 13.9. The Hall–Kier alpha value is -1.56. The number of phenolic OH excluding ortho intramolecular Hbond substituents is 1. The predicted molar refractivity (Wildman–Crippen MR) is 73.6 cm³/mol. The average molecular weight is 298 g/mol. The smallest absolute Gasteiger partial charge is 0.240 e. The minimum atomic E-state index is -3.61. The van der Waals surface area contributed by atoms with Crippen molar-refractivity contribution in [1.29, 1.82) is 0 Å². The van der Waals surface area contributed by atoms with Crippen molar-refractivity contribution in [2.24, 2.45) is 0 Å². The summed E-state index contributed by atoms with van der Waals surface area (Å²) in [6, 6.07) is 12.4. The molecule has 0 aromatic heterocycles. The highest BCUT2D eigenvalue weighted by Gasteiger charge is 2.14. The number of benzene rings is 2. The van der Waals surface area contributed by atoms with Gasteiger partial charge in [-0.3, -0.25) is 0 Å². The Kier molecular flexibility index (Phi) is 4.09. The van der Waals surface area contributed by atoms with Crippen molar-refractivity contribution in [2.75, 3.05) is 0 Å². The van der Waals surface area contributed by atoms with Gasteiger partial charge in [-0.15, -0.1) is 0 Å². The zero-order valence-electron chi connectivity index (χ0n) is 9.88. The summed E-state index contributed by atoms with van der Waals surface area (Å²) >= 11 is 5.71. The lowest BCUT2D eigenvalue weighted by Gasteiger charge is -2.08. The van der Waals surface area contributed by atoms with Gasteiger partial charge in [0.2, 0.25) is 10.0 Å². The summed E-state index contributed by atoms with van der Waals surface area (Å²) in [4.78, 5) is 0.132. The molecule has 0 saturated heterocycles. The molecule has 0 fully saturated rings. The molecule has 2 N–H and O–H groups in total. The van der Waals surface area contributed by atoms with Crippen LogP contribution < -0.4 is 4.72 Å². The molecule has 0 bridgehead atoms. The molecule has 4 nitrogen and oxygen atoms in total. The van der Waals surface area contributed by atoms with Gasteiger partial charge in [0.15, 0.2) is 0 Å². The van der Waals surface area contributed by atoms with Crippen molar-refractivity contribution >= 4 is 21.6 Å². The van der Waals surface area contributed by atoms with Crippen LogP contribution in [0.2, 0.25) is 5.02 Å². The fraction of sp³-hybridized carbons (Fsp3) is 0.0769. The average Bonchev–Trinajstić information content (AvgIpc) is 2.38. The van der Waals surface area contributed by atoms with Crippen LogP contribution in [-0.2, 0) is 16.6 Å². The van der Waals surface area contributed by atoms with E-state index in [1.807, 2.05) is 0 Å². The lowest BCUT2D eigenvalue weighted by atomic mass is 10.2. The van der Waals surface area contributed by atoms with Crippen molar-refractivity contribution in [3.63, 3.8) is 0 Å². The third-order valence-corrected chi connectivity index (χ3v) is 4.24. The second-order valence-corrected chi connectivity index (χ2v) is 6.11. The van der Waals surface area contributed by atoms with Crippen LogP contribution in [0.15, 0.2) is 53.4 Å². The van der Waals surface area contributed by atoms with Gasteiger partial charge in [0, 0.05) is 17.1 Å². The van der Waals surface area contributed by atoms with E-state index in [9.17, 15) is 13.5 Å². The second-order valence-electron chi connectivity index (χ2n) is 3.91. The number of hydrogen-bond donors (Lipinski definition) is 2. The molecule has 2 rings (SSSR count). The van der Waals surface area contributed by atoms with Crippen molar-refractivity contribution in [2.45, 2.75) is 11.4 Å². The van der Waals surface area contributed by atoms with Gasteiger partial charge in [0.05, 0.1) is 4.90 Å². The largest absolute Gasteiger partial charge is 0.508 e. The Morgan fingerprint density at radius 1 is 1.05 bits per heavy atom. The van der Waals surface area contributed by atoms with E-state index in [1.54, 1.807) is 18.2 Å². The van der Waals surface area contributed by atoms with Gasteiger partial charge in [-0.05, 0) is 30.3 Å². The molecule has 0 aliphatic carbocycles. The molecular formula is C13H12ClNO3S. The molecule has 0 amide bonds. The van der Waals surface area contributed by atoms with E-state index in [2.05, 4.69) is 4.72 Å². The van der Waals surface area contributed by atoms with Crippen LogP contribution in [0.25, 0.3) is 0 Å². The monoisotopic (exact) mass is 297 g/mol. The standard InChI is InChI=1S/C13H12ClNO3S/c14-11-5-7-12(8-6-11)19(17,18)15-9-10-3-1-2-4-13(10)16/h1-8,15-16H,9H2. The van der Waals surface area contributed by atoms with Crippen molar-refractivity contribution < 1.29 is 13.5 Å². The summed E-state index contributed by atoms with van der Waals surface area (Å²) < 4.78 is 26.4. The van der Waals surface area contributed by atoms with Gasteiger partial charge < -0.3 is 5.11 Å². The molecule has 0 atom stereocenters. The molecule has 19 heavy (non-hydrogen) atoms. The molecule has 6 heteroatoms. The first-order valence-corrected chi connectivity index (χ1v) is 7.37. The van der Waals surface area contributed by atoms with Crippen LogP contribution in [0.1, 0.15) is 5.56 Å². The summed E-state index contributed by atoms with van der Waals surface area (Å²) in [7, 11) is -3.61. The summed E-state index contributed by atoms with van der Waals surface area (Å²) in [6.45, 7) is 0.0254. The van der Waals surface area contributed by atoms with E-state index in [-0.39, 0.29) is 17.2 Å². The first-order valence-electron chi connectivity index (χ1n) is 5.51. The molecule has 2 aromatic rings. The van der Waals surface area contributed by atoms with Crippen LogP contribution >= 0.6 is 11.6 Å². The normalized spacial score (nSPS) is 11.4. The van der Waals surface area contributed by atoms with Crippen LogP contribution in [-0.4, -0.2) is 13.5 Å². The summed E-state index contributed by atoms with van der Waals surface area (Å²) in [6.07, 6.45) is 0. The van der Waals surface area contributed by atoms with Crippen molar-refractivity contribution in [1.82, 2.24) is 4.72 Å². The molecule has 0 aliphatic heterocycles. The number of para-hydroxylation sites is 1. The van der Waals surface area contributed by atoms with Gasteiger partial charge in [-0.25, -0.2) is 13.1 Å². The molecule has 0 aliphatic rings. The minimum Gasteiger partial charge on any atom is -0.508 e. The van der Waals surface area contributed by atoms with E-state index >= 15 is 0 Å². The molecule has 0 heterocycles. The van der Waals surface area contributed by atoms with Crippen molar-refractivity contribution in [3.8, 4) is 5.75 Å². The van der Waals surface area contributed by atoms with Crippen LogP contribution in [0.4, 0.5) is 0 Å². The second kappa shape index (κ2) is 5.61. The van der Waals surface area contributed by atoms with Gasteiger partial charge in [-0.2, -0.15) is 0 Å². The molecule has 100 valence electrons. The van der Waals surface area contributed by atoms with Gasteiger partial charge in [-0.1, -0.05) is 29.8 Å². The number of rotatable bonds is 4. The SMILES string of the molecule is O=S(=O)(NCc1ccccc1O)c1ccc(Cl)cc1. The fourth-order valence-electron chi connectivity index (χ4n) is 1.53. The number of aromatic hydroxyl groups is 1. The number of halogens is 1. The van der Waals surface area contributed by atoms with Gasteiger partial charge in [0.25, 0.3) is 0 Å². The quantitative estimate of drug-likeness (QED) is 0.911. The van der Waals surface area contributed by atoms with E-state index in [0.29, 0.717) is 10.6 Å². The van der Waals surface area contributed by atoms with Gasteiger partial charge in [0.1, 0.15) is 5.75 Å². The van der Waals surface area contributed by atoms with Crippen LogP contribution in [0.5, 0.6) is 5.75 Å². The Balaban J connectivity index is 2.14. The summed E-state index contributed by atoms with van der Waals surface area (Å²) in [5, 5.41) is 10.0. The lowest BCUT2D eigenvalue weighted by Crippen LogP contribution is -2.23. The summed E-state index contributed by atoms with van der Waals surface area (Å²) in [5.74, 6) is 0.0568. The van der Waals surface area contributed by atoms with Crippen LogP contribution in [0, 0.1) is 0 Å². The lowest BCUT2D eigenvalue weighted by molar-refractivity contribution is 0.467. The third kappa shape index (κ3) is 3.47. The molecule has 0 spiro atoms. The first-order chi connectivity index (χ1) is 8.99. The highest BCUT2D eigenvalue weighted by molar-refractivity contribution is 7.89. The summed E-state index contributed by atoms with van der Waals surface area (Å²) in [5.41, 5.74) is 0.514. The molecule has 0 radical (unpaired) electrons. The number of nitrogens with one attached hydrogen (secondary N) is 1. The molecule has 0 saturated carbocycles. The fourth-order valence-corrected chi connectivity index (χ4v) is 2.66. The van der Waals surface area contributed by atoms with E-state index in [4.69, 9.17) is 11.6 Å². The predicted octanol–water partition coefficient (Wildman–Crippen LogP) is 2.52. The number of hydrogen-bond acceptors (Lipinski definition) is 3. The highest BCUT2D eigenvalue weighted by atomic mass is 35.5. The third-order valence-electron chi connectivity index (χ3n) is 2.57. The van der Waals surface area contributed by atoms with E-state index in [1.165, 1.54) is 30.3 Å². The first kappa shape index (κ1) is 13.9. The Morgan fingerprint density at radius 2 is 1.68 bits per heavy atom. The topological polar surface area (TPSA) is 66.4 Å². The molecule has 2 aromatic carbocycles. The number of sulfonamides is 1. The maximum Gasteiger partial charge on any atom is 0.240 e. The molecule has 0 unspecified atom stereocenters. The molecular weight excluding hydrogens is 286 g/mol. The van der Waals surface area contributed by atoms with Crippen molar-refractivity contribution in [3.05, 3.63) is 59.1 Å². The Morgan fingerprint density at radius 3 is 2.32 bits per heavy atom. The Labute approximate surface area is 116 Å². The minimum absolute atomic E-state index is 0.0254. The van der Waals surface area contributed by atoms with E-state index < -0.39 is 10.0 Å². The Bertz CT molecular complexity index is 669. The maximum absolute atomic E-state index is 12.0. The van der Waals surface area contributed by atoms with E-state index in [0.717, 1.165) is 0 Å².